The van der Waals surface area contributed by atoms with Crippen LogP contribution in [0.1, 0.15) is 6.42 Å². The van der Waals surface area contributed by atoms with E-state index in [9.17, 15) is 0 Å². The van der Waals surface area contributed by atoms with E-state index in [1.165, 1.54) is 0 Å². The molecule has 1 aromatic carbocycles. The first-order valence-electron chi connectivity index (χ1n) is 4.22. The van der Waals surface area contributed by atoms with Crippen LogP contribution < -0.4 is 0 Å². The molecular formula is C9H10ClN3S. The molecule has 0 unspecified atom stereocenters. The number of thioether (sulfide) groups is 1. The van der Waals surface area contributed by atoms with Gasteiger partial charge in [0, 0.05) is 21.4 Å². The van der Waals surface area contributed by atoms with E-state index in [1.54, 1.807) is 11.8 Å². The Morgan fingerprint density at radius 3 is 3.07 bits per heavy atom. The van der Waals surface area contributed by atoms with Crippen LogP contribution >= 0.6 is 23.4 Å². The Hall–Kier alpha value is -0.830. The lowest BCUT2D eigenvalue weighted by molar-refractivity contribution is 0.932. The molecule has 5 heteroatoms. The first-order valence-corrected chi connectivity index (χ1v) is 5.58. The number of azide groups is 1. The van der Waals surface area contributed by atoms with Crippen molar-refractivity contribution in [2.75, 3.05) is 12.3 Å². The molecule has 0 heterocycles. The Bertz CT molecular complexity index is 337. The van der Waals surface area contributed by atoms with Crippen molar-refractivity contribution in [1.29, 1.82) is 0 Å². The summed E-state index contributed by atoms with van der Waals surface area (Å²) in [6, 6.07) is 7.73. The summed E-state index contributed by atoms with van der Waals surface area (Å²) in [5, 5.41) is 4.22. The zero-order chi connectivity index (χ0) is 10.2. The summed E-state index contributed by atoms with van der Waals surface area (Å²) >= 11 is 7.54. The lowest BCUT2D eigenvalue weighted by atomic mass is 10.4. The highest BCUT2D eigenvalue weighted by atomic mass is 35.5. The fourth-order valence-electron chi connectivity index (χ4n) is 0.927. The highest BCUT2D eigenvalue weighted by Crippen LogP contribution is 2.21. The molecule has 0 radical (unpaired) electrons. The number of rotatable bonds is 5. The third kappa shape index (κ3) is 4.42. The predicted molar refractivity (Wildman–Crippen MR) is 60.8 cm³/mol. The molecule has 0 aliphatic carbocycles. The van der Waals surface area contributed by atoms with Gasteiger partial charge in [0.2, 0.25) is 0 Å². The minimum atomic E-state index is 0.560. The van der Waals surface area contributed by atoms with Crippen molar-refractivity contribution in [1.82, 2.24) is 0 Å². The summed E-state index contributed by atoms with van der Waals surface area (Å²) in [6.45, 7) is 0.560. The van der Waals surface area contributed by atoms with Crippen molar-refractivity contribution in [2.24, 2.45) is 5.11 Å². The van der Waals surface area contributed by atoms with Crippen LogP contribution in [0.2, 0.25) is 5.02 Å². The summed E-state index contributed by atoms with van der Waals surface area (Å²) in [7, 11) is 0. The van der Waals surface area contributed by atoms with E-state index in [2.05, 4.69) is 10.0 Å². The average molecular weight is 228 g/mol. The van der Waals surface area contributed by atoms with Gasteiger partial charge in [0.25, 0.3) is 0 Å². The third-order valence-corrected chi connectivity index (χ3v) is 2.85. The number of hydrogen-bond acceptors (Lipinski definition) is 2. The number of halogens is 1. The van der Waals surface area contributed by atoms with Crippen molar-refractivity contribution >= 4 is 23.4 Å². The van der Waals surface area contributed by atoms with Crippen LogP contribution in [-0.2, 0) is 0 Å². The van der Waals surface area contributed by atoms with Gasteiger partial charge in [-0.2, -0.15) is 0 Å². The second-order valence-corrected chi connectivity index (χ2v) is 4.22. The van der Waals surface area contributed by atoms with E-state index < -0.39 is 0 Å². The predicted octanol–water partition coefficient (Wildman–Crippen LogP) is 4.13. The number of hydrogen-bond donors (Lipinski definition) is 0. The van der Waals surface area contributed by atoms with Gasteiger partial charge < -0.3 is 0 Å². The molecular weight excluding hydrogens is 218 g/mol. The fourth-order valence-corrected chi connectivity index (χ4v) is 2.08. The van der Waals surface area contributed by atoms with Gasteiger partial charge >= 0.3 is 0 Å². The van der Waals surface area contributed by atoms with Crippen LogP contribution in [-0.4, -0.2) is 12.3 Å². The average Bonchev–Trinajstić information content (AvgIpc) is 2.18. The molecule has 0 bridgehead atoms. The molecule has 1 aromatic rings. The monoisotopic (exact) mass is 227 g/mol. The minimum Gasteiger partial charge on any atom is -0.126 e. The lowest BCUT2D eigenvalue weighted by Crippen LogP contribution is -1.83. The summed E-state index contributed by atoms with van der Waals surface area (Å²) < 4.78 is 0. The standard InChI is InChI=1S/C9H10ClN3S/c10-8-3-1-4-9(7-8)14-6-2-5-12-13-11/h1,3-4,7H,2,5-6H2. The van der Waals surface area contributed by atoms with Crippen LogP contribution in [0.4, 0.5) is 0 Å². The van der Waals surface area contributed by atoms with E-state index in [4.69, 9.17) is 17.1 Å². The lowest BCUT2D eigenvalue weighted by Gasteiger charge is -1.99. The van der Waals surface area contributed by atoms with Gasteiger partial charge in [-0.15, -0.1) is 11.8 Å². The van der Waals surface area contributed by atoms with Crippen molar-refractivity contribution in [3.8, 4) is 0 Å². The molecule has 0 fully saturated rings. The zero-order valence-corrected chi connectivity index (χ0v) is 9.13. The zero-order valence-electron chi connectivity index (χ0n) is 7.56. The molecule has 0 aliphatic rings. The van der Waals surface area contributed by atoms with Crippen molar-refractivity contribution < 1.29 is 0 Å². The smallest absolute Gasteiger partial charge is 0.0417 e. The molecule has 0 saturated heterocycles. The van der Waals surface area contributed by atoms with Gasteiger partial charge in [0.1, 0.15) is 0 Å². The maximum Gasteiger partial charge on any atom is 0.0417 e. The van der Waals surface area contributed by atoms with E-state index in [1.807, 2.05) is 24.3 Å². The summed E-state index contributed by atoms with van der Waals surface area (Å²) in [4.78, 5) is 3.84. The van der Waals surface area contributed by atoms with E-state index in [0.29, 0.717) is 6.54 Å². The van der Waals surface area contributed by atoms with Crippen LogP contribution in [0.5, 0.6) is 0 Å². The Morgan fingerprint density at radius 2 is 2.36 bits per heavy atom. The van der Waals surface area contributed by atoms with Crippen LogP contribution in [0.15, 0.2) is 34.3 Å². The first-order chi connectivity index (χ1) is 6.83. The topological polar surface area (TPSA) is 48.8 Å². The molecule has 14 heavy (non-hydrogen) atoms. The molecule has 0 spiro atoms. The van der Waals surface area contributed by atoms with Gasteiger partial charge in [-0.3, -0.25) is 0 Å². The van der Waals surface area contributed by atoms with Crippen molar-refractivity contribution in [2.45, 2.75) is 11.3 Å². The van der Waals surface area contributed by atoms with E-state index in [0.717, 1.165) is 22.1 Å². The third-order valence-electron chi connectivity index (χ3n) is 1.53. The SMILES string of the molecule is [N-]=[N+]=NCCCSc1cccc(Cl)c1. The summed E-state index contributed by atoms with van der Waals surface area (Å²) in [5.41, 5.74) is 8.05. The summed E-state index contributed by atoms with van der Waals surface area (Å²) in [6.07, 6.45) is 0.890. The van der Waals surface area contributed by atoms with E-state index >= 15 is 0 Å². The Balaban J connectivity index is 2.27. The van der Waals surface area contributed by atoms with Crippen LogP contribution in [0.3, 0.4) is 0 Å². The highest BCUT2D eigenvalue weighted by molar-refractivity contribution is 7.99. The van der Waals surface area contributed by atoms with Gasteiger partial charge in [-0.1, -0.05) is 22.8 Å². The number of nitrogens with zero attached hydrogens (tertiary/aromatic N) is 3. The Kier molecular flexibility index (Phi) is 5.30. The molecule has 0 amide bonds. The molecule has 0 atom stereocenters. The van der Waals surface area contributed by atoms with Gasteiger partial charge in [0.15, 0.2) is 0 Å². The largest absolute Gasteiger partial charge is 0.126 e. The number of benzene rings is 1. The molecule has 0 saturated carbocycles. The van der Waals surface area contributed by atoms with Crippen LogP contribution in [0.25, 0.3) is 10.4 Å². The second kappa shape index (κ2) is 6.60. The maximum atomic E-state index is 8.05. The molecule has 74 valence electrons. The Morgan fingerprint density at radius 1 is 1.50 bits per heavy atom. The van der Waals surface area contributed by atoms with Gasteiger partial charge in [-0.05, 0) is 35.9 Å². The molecule has 0 aromatic heterocycles. The normalized spacial score (nSPS) is 9.50. The molecule has 3 nitrogen and oxygen atoms in total. The summed E-state index contributed by atoms with van der Waals surface area (Å²) in [5.74, 6) is 0.944. The quantitative estimate of drug-likeness (QED) is 0.245. The van der Waals surface area contributed by atoms with Gasteiger partial charge in [0.05, 0.1) is 0 Å². The fraction of sp³-hybridized carbons (Fsp3) is 0.333. The van der Waals surface area contributed by atoms with E-state index in [-0.39, 0.29) is 0 Å². The molecule has 0 aliphatic heterocycles. The van der Waals surface area contributed by atoms with Crippen molar-refractivity contribution in [3.63, 3.8) is 0 Å². The maximum absolute atomic E-state index is 8.05. The van der Waals surface area contributed by atoms with Crippen molar-refractivity contribution in [3.05, 3.63) is 39.7 Å². The highest BCUT2D eigenvalue weighted by Gasteiger charge is 1.94. The Labute approximate surface area is 92.1 Å². The molecule has 1 rings (SSSR count). The first kappa shape index (κ1) is 11.2. The van der Waals surface area contributed by atoms with Gasteiger partial charge in [-0.25, -0.2) is 0 Å². The minimum absolute atomic E-state index is 0.560. The second-order valence-electron chi connectivity index (χ2n) is 2.61. The van der Waals surface area contributed by atoms with Crippen LogP contribution in [0, 0.1) is 0 Å². The molecule has 0 N–H and O–H groups in total.